The molecule has 214 valence electrons. The minimum atomic E-state index is -0.0807. The van der Waals surface area contributed by atoms with E-state index in [1.165, 1.54) is 70.0 Å². The highest BCUT2D eigenvalue weighted by atomic mass is 32.1. The van der Waals surface area contributed by atoms with Gasteiger partial charge in [0, 0.05) is 42.6 Å². The molecule has 0 spiro atoms. The number of thiophene rings is 1. The smallest absolute Gasteiger partial charge is 0.0468 e. The highest BCUT2D eigenvalue weighted by molar-refractivity contribution is 7.26. The molecule has 0 amide bonds. The van der Waals surface area contributed by atoms with Crippen LogP contribution in [-0.2, 0) is 5.41 Å². The number of rotatable bonds is 4. The number of benzene rings is 7. The van der Waals surface area contributed by atoms with Crippen molar-refractivity contribution in [3.8, 4) is 22.3 Å². The summed E-state index contributed by atoms with van der Waals surface area (Å²) in [5.74, 6) is 0. The summed E-state index contributed by atoms with van der Waals surface area (Å²) in [4.78, 5) is 2.38. The van der Waals surface area contributed by atoms with Gasteiger partial charge in [0.1, 0.15) is 0 Å². The quantitative estimate of drug-likeness (QED) is 0.196. The number of hydrogen-bond acceptors (Lipinski definition) is 2. The number of para-hydroxylation sites is 1. The first-order valence-electron chi connectivity index (χ1n) is 15.6. The van der Waals surface area contributed by atoms with Crippen molar-refractivity contribution in [1.82, 2.24) is 0 Å². The molecule has 0 saturated carbocycles. The molecule has 2 heteroatoms. The second-order valence-corrected chi connectivity index (χ2v) is 13.6. The Balaban J connectivity index is 1.17. The Morgan fingerprint density at radius 2 is 1.18 bits per heavy atom. The van der Waals surface area contributed by atoms with Crippen LogP contribution in [0.15, 0.2) is 152 Å². The second-order valence-electron chi connectivity index (χ2n) is 12.6. The van der Waals surface area contributed by atoms with E-state index in [0.29, 0.717) is 0 Å². The average Bonchev–Trinajstić information content (AvgIpc) is 3.57. The zero-order chi connectivity index (χ0) is 30.1. The molecule has 45 heavy (non-hydrogen) atoms. The summed E-state index contributed by atoms with van der Waals surface area (Å²) in [5, 5.41) is 5.25. The second kappa shape index (κ2) is 9.92. The summed E-state index contributed by atoms with van der Waals surface area (Å²) in [6, 6.07) is 55.6. The van der Waals surface area contributed by atoms with Gasteiger partial charge in [-0.1, -0.05) is 117 Å². The van der Waals surface area contributed by atoms with Gasteiger partial charge < -0.3 is 4.90 Å². The van der Waals surface area contributed by atoms with Gasteiger partial charge in [-0.3, -0.25) is 0 Å². The predicted octanol–water partition coefficient (Wildman–Crippen LogP) is 12.7. The molecule has 1 heterocycles. The molecule has 1 aliphatic rings. The van der Waals surface area contributed by atoms with Crippen LogP contribution < -0.4 is 4.90 Å². The largest absolute Gasteiger partial charge is 0.310 e. The van der Waals surface area contributed by atoms with E-state index in [1.54, 1.807) is 0 Å². The van der Waals surface area contributed by atoms with E-state index in [-0.39, 0.29) is 5.41 Å². The van der Waals surface area contributed by atoms with Crippen molar-refractivity contribution in [3.63, 3.8) is 0 Å². The van der Waals surface area contributed by atoms with Crippen LogP contribution in [0.25, 0.3) is 53.2 Å². The third-order valence-electron chi connectivity index (χ3n) is 9.62. The van der Waals surface area contributed by atoms with Gasteiger partial charge in [-0.05, 0) is 92.7 Å². The first-order chi connectivity index (χ1) is 22.1. The summed E-state index contributed by atoms with van der Waals surface area (Å²) < 4.78 is 2.77. The lowest BCUT2D eigenvalue weighted by Crippen LogP contribution is -2.15. The molecule has 0 saturated heterocycles. The van der Waals surface area contributed by atoms with Gasteiger partial charge in [-0.25, -0.2) is 0 Å². The van der Waals surface area contributed by atoms with Gasteiger partial charge in [-0.2, -0.15) is 0 Å². The molecule has 8 aromatic rings. The molecule has 0 atom stereocenters. The van der Waals surface area contributed by atoms with Gasteiger partial charge in [0.05, 0.1) is 0 Å². The Morgan fingerprint density at radius 1 is 0.489 bits per heavy atom. The predicted molar refractivity (Wildman–Crippen MR) is 195 cm³/mol. The maximum Gasteiger partial charge on any atom is 0.0468 e. The number of nitrogens with zero attached hydrogens (tertiary/aromatic N) is 1. The molecule has 0 aliphatic heterocycles. The topological polar surface area (TPSA) is 3.24 Å². The molecule has 1 aliphatic carbocycles. The maximum absolute atomic E-state index is 2.41. The van der Waals surface area contributed by atoms with Crippen LogP contribution in [0.4, 0.5) is 17.1 Å². The van der Waals surface area contributed by atoms with Crippen LogP contribution >= 0.6 is 11.3 Å². The van der Waals surface area contributed by atoms with Crippen LogP contribution in [0.1, 0.15) is 25.0 Å². The van der Waals surface area contributed by atoms with Gasteiger partial charge in [-0.15, -0.1) is 11.3 Å². The molecule has 1 nitrogen and oxygen atoms in total. The van der Waals surface area contributed by atoms with E-state index < -0.39 is 0 Å². The molecule has 0 unspecified atom stereocenters. The summed E-state index contributed by atoms with van der Waals surface area (Å²) in [6.07, 6.45) is 0. The normalized spacial score (nSPS) is 13.3. The fourth-order valence-corrected chi connectivity index (χ4v) is 8.81. The minimum absolute atomic E-state index is 0.0807. The first kappa shape index (κ1) is 26.2. The lowest BCUT2D eigenvalue weighted by molar-refractivity contribution is 0.667. The average molecular weight is 594 g/mol. The highest BCUT2D eigenvalue weighted by Gasteiger charge is 2.38. The molecular formula is C43H31NS. The van der Waals surface area contributed by atoms with Crippen molar-refractivity contribution in [3.05, 3.63) is 163 Å². The van der Waals surface area contributed by atoms with E-state index in [0.717, 1.165) is 11.4 Å². The Morgan fingerprint density at radius 3 is 2.02 bits per heavy atom. The summed E-state index contributed by atoms with van der Waals surface area (Å²) in [7, 11) is 0. The molecule has 1 aromatic heterocycles. The van der Waals surface area contributed by atoms with Crippen molar-refractivity contribution in [2.45, 2.75) is 19.3 Å². The molecular weight excluding hydrogens is 563 g/mol. The fraction of sp³-hybridized carbons (Fsp3) is 0.0698. The third kappa shape index (κ3) is 4.06. The van der Waals surface area contributed by atoms with E-state index in [1.807, 2.05) is 11.3 Å². The third-order valence-corrected chi connectivity index (χ3v) is 10.8. The van der Waals surface area contributed by atoms with Crippen molar-refractivity contribution in [2.75, 3.05) is 4.90 Å². The maximum atomic E-state index is 2.41. The van der Waals surface area contributed by atoms with Crippen molar-refractivity contribution >= 4 is 59.3 Å². The summed E-state index contributed by atoms with van der Waals surface area (Å²) >= 11 is 1.93. The zero-order valence-corrected chi connectivity index (χ0v) is 26.1. The highest BCUT2D eigenvalue weighted by Crippen LogP contribution is 2.55. The van der Waals surface area contributed by atoms with Crippen LogP contribution in [0.5, 0.6) is 0 Å². The van der Waals surface area contributed by atoms with E-state index in [2.05, 4.69) is 170 Å². The lowest BCUT2D eigenvalue weighted by Gasteiger charge is -2.27. The lowest BCUT2D eigenvalue weighted by atomic mass is 9.82. The van der Waals surface area contributed by atoms with E-state index >= 15 is 0 Å². The standard InChI is InChI=1S/C43H31NS/c1-43(2)39-25-22-34(27-38(39)36-23-24-37-35-14-8-9-15-40(35)45-42(37)41(36)43)44(32-12-4-3-5-13-32)33-20-18-29(19-21-33)31-17-16-28-10-6-7-11-30(28)26-31/h3-27H,1-2H3. The van der Waals surface area contributed by atoms with Gasteiger partial charge in [0.25, 0.3) is 0 Å². The van der Waals surface area contributed by atoms with Crippen LogP contribution in [0, 0.1) is 0 Å². The van der Waals surface area contributed by atoms with Crippen molar-refractivity contribution in [2.24, 2.45) is 0 Å². The number of hydrogen-bond donors (Lipinski definition) is 0. The van der Waals surface area contributed by atoms with Crippen molar-refractivity contribution < 1.29 is 0 Å². The Labute approximate surface area is 267 Å². The summed E-state index contributed by atoms with van der Waals surface area (Å²) in [5.41, 5.74) is 11.4. The van der Waals surface area contributed by atoms with Gasteiger partial charge >= 0.3 is 0 Å². The molecule has 0 fully saturated rings. The summed E-state index contributed by atoms with van der Waals surface area (Å²) in [6.45, 7) is 4.78. The van der Waals surface area contributed by atoms with E-state index in [9.17, 15) is 0 Å². The first-order valence-corrected chi connectivity index (χ1v) is 16.4. The van der Waals surface area contributed by atoms with Gasteiger partial charge in [0.2, 0.25) is 0 Å². The van der Waals surface area contributed by atoms with Crippen LogP contribution in [0.3, 0.4) is 0 Å². The Bertz CT molecular complexity index is 2400. The fourth-order valence-electron chi connectivity index (χ4n) is 7.40. The van der Waals surface area contributed by atoms with Gasteiger partial charge in [0.15, 0.2) is 0 Å². The molecule has 7 aromatic carbocycles. The Hall–Kier alpha value is -5.18. The molecule has 0 radical (unpaired) electrons. The van der Waals surface area contributed by atoms with Crippen LogP contribution in [-0.4, -0.2) is 0 Å². The minimum Gasteiger partial charge on any atom is -0.310 e. The molecule has 9 rings (SSSR count). The SMILES string of the molecule is CC1(C)c2ccc(N(c3ccccc3)c3ccc(-c4ccc5ccccc5c4)cc3)cc2-c2ccc3c(sc4ccccc43)c21. The van der Waals surface area contributed by atoms with E-state index in [4.69, 9.17) is 0 Å². The zero-order valence-electron chi connectivity index (χ0n) is 25.3. The molecule has 0 N–H and O–H groups in total. The number of fused-ring (bicyclic) bond motifs is 8. The number of anilines is 3. The van der Waals surface area contributed by atoms with Crippen molar-refractivity contribution in [1.29, 1.82) is 0 Å². The van der Waals surface area contributed by atoms with Crippen LogP contribution in [0.2, 0.25) is 0 Å². The molecule has 0 bridgehead atoms. The monoisotopic (exact) mass is 593 g/mol. The Kier molecular flexibility index (Phi) is 5.78.